The molecule has 0 radical (unpaired) electrons. The first-order valence-electron chi connectivity index (χ1n) is 9.30. The van der Waals surface area contributed by atoms with Gasteiger partial charge < -0.3 is 5.11 Å². The zero-order chi connectivity index (χ0) is 19.7. The van der Waals surface area contributed by atoms with Crippen LogP contribution in [-0.4, -0.2) is 34.0 Å². The third kappa shape index (κ3) is 3.86. The minimum Gasteiger partial charge on any atom is -0.481 e. The van der Waals surface area contributed by atoms with Gasteiger partial charge in [0.2, 0.25) is 0 Å². The molecule has 144 valence electrons. The lowest BCUT2D eigenvalue weighted by Gasteiger charge is -2.37. The predicted molar refractivity (Wildman–Crippen MR) is 112 cm³/mol. The largest absolute Gasteiger partial charge is 0.481 e. The van der Waals surface area contributed by atoms with Crippen molar-refractivity contribution in [1.29, 1.82) is 0 Å². The van der Waals surface area contributed by atoms with Crippen LogP contribution in [0.5, 0.6) is 0 Å². The van der Waals surface area contributed by atoms with Crippen molar-refractivity contribution in [2.75, 3.05) is 13.1 Å². The van der Waals surface area contributed by atoms with E-state index in [0.29, 0.717) is 23.0 Å². The summed E-state index contributed by atoms with van der Waals surface area (Å²) in [5.41, 5.74) is 2.65. The van der Waals surface area contributed by atoms with Crippen molar-refractivity contribution in [2.45, 2.75) is 18.9 Å². The molecule has 0 spiro atoms. The average molecular weight is 415 g/mol. The van der Waals surface area contributed by atoms with E-state index >= 15 is 0 Å². The molecular weight excluding hydrogens is 395 g/mol. The van der Waals surface area contributed by atoms with E-state index < -0.39 is 5.97 Å². The quantitative estimate of drug-likeness (QED) is 0.618. The first-order valence-corrected chi connectivity index (χ1v) is 10.1. The number of hydrogen-bond acceptors (Lipinski definition) is 3. The van der Waals surface area contributed by atoms with Crippen LogP contribution in [-0.2, 0) is 4.79 Å². The number of para-hydroxylation sites is 1. The van der Waals surface area contributed by atoms with Crippen LogP contribution in [0.2, 0.25) is 10.0 Å². The maximum atomic E-state index is 11.6. The van der Waals surface area contributed by atoms with Crippen molar-refractivity contribution in [2.24, 2.45) is 5.92 Å². The van der Waals surface area contributed by atoms with Crippen LogP contribution >= 0.6 is 23.2 Å². The van der Waals surface area contributed by atoms with Gasteiger partial charge in [-0.2, -0.15) is 0 Å². The Morgan fingerprint density at radius 2 is 1.96 bits per heavy atom. The Bertz CT molecular complexity index is 1020. The molecule has 28 heavy (non-hydrogen) atoms. The molecule has 2 aromatic carbocycles. The van der Waals surface area contributed by atoms with Gasteiger partial charge in [0.1, 0.15) is 0 Å². The van der Waals surface area contributed by atoms with Gasteiger partial charge in [0.15, 0.2) is 0 Å². The molecule has 0 bridgehead atoms. The first-order chi connectivity index (χ1) is 13.5. The number of aliphatic carboxylic acids is 1. The molecule has 0 saturated carbocycles. The van der Waals surface area contributed by atoms with Gasteiger partial charge in [0.25, 0.3) is 0 Å². The Morgan fingerprint density at radius 1 is 1.14 bits per heavy atom. The topological polar surface area (TPSA) is 53.4 Å². The number of rotatable bonds is 4. The predicted octanol–water partition coefficient (Wildman–Crippen LogP) is 5.43. The number of fused-ring (bicyclic) bond motifs is 1. The highest BCUT2D eigenvalue weighted by Crippen LogP contribution is 2.37. The summed E-state index contributed by atoms with van der Waals surface area (Å²) < 4.78 is 0. The lowest BCUT2D eigenvalue weighted by Crippen LogP contribution is -2.41. The summed E-state index contributed by atoms with van der Waals surface area (Å²) in [6, 6.07) is 17.2. The monoisotopic (exact) mass is 414 g/mol. The maximum Gasteiger partial charge on any atom is 0.307 e. The summed E-state index contributed by atoms with van der Waals surface area (Å²) in [5, 5.41) is 11.7. The number of halogens is 2. The fourth-order valence-corrected chi connectivity index (χ4v) is 4.45. The molecule has 1 saturated heterocycles. The van der Waals surface area contributed by atoms with Gasteiger partial charge in [-0.3, -0.25) is 14.7 Å². The van der Waals surface area contributed by atoms with E-state index in [4.69, 9.17) is 28.2 Å². The molecule has 3 aromatic rings. The molecule has 6 heteroatoms. The van der Waals surface area contributed by atoms with E-state index in [1.54, 1.807) is 6.07 Å². The molecule has 2 atom stereocenters. The fourth-order valence-electron chi connectivity index (χ4n) is 3.94. The second-order valence-electron chi connectivity index (χ2n) is 7.17. The lowest BCUT2D eigenvalue weighted by molar-refractivity contribution is -0.143. The number of hydrogen-bond donors (Lipinski definition) is 1. The van der Waals surface area contributed by atoms with Crippen molar-refractivity contribution in [3.63, 3.8) is 0 Å². The van der Waals surface area contributed by atoms with Crippen molar-refractivity contribution in [1.82, 2.24) is 9.88 Å². The molecule has 2 unspecified atom stereocenters. The van der Waals surface area contributed by atoms with Crippen LogP contribution in [0, 0.1) is 5.92 Å². The number of piperidine rings is 1. The van der Waals surface area contributed by atoms with E-state index in [1.165, 1.54) is 0 Å². The average Bonchev–Trinajstić information content (AvgIpc) is 2.70. The number of benzene rings is 2. The van der Waals surface area contributed by atoms with E-state index in [9.17, 15) is 9.90 Å². The number of aromatic nitrogens is 1. The third-order valence-electron chi connectivity index (χ3n) is 5.32. The Labute approximate surface area is 173 Å². The highest BCUT2D eigenvalue weighted by atomic mass is 35.5. The van der Waals surface area contributed by atoms with Gasteiger partial charge >= 0.3 is 5.97 Å². The van der Waals surface area contributed by atoms with Crippen LogP contribution < -0.4 is 0 Å². The smallest absolute Gasteiger partial charge is 0.307 e. The number of carboxylic acids is 1. The van der Waals surface area contributed by atoms with Crippen LogP contribution in [0.25, 0.3) is 10.9 Å². The van der Waals surface area contributed by atoms with E-state index in [-0.39, 0.29) is 12.0 Å². The minimum atomic E-state index is -0.753. The highest BCUT2D eigenvalue weighted by Gasteiger charge is 2.33. The molecule has 1 aliphatic rings. The van der Waals surface area contributed by atoms with Crippen molar-refractivity contribution in [3.8, 4) is 0 Å². The van der Waals surface area contributed by atoms with E-state index in [2.05, 4.69) is 4.90 Å². The SMILES string of the molecule is O=C(O)C1CCCN(C(c2ccc3ccccc3n2)c2ccc(Cl)cc2Cl)C1. The van der Waals surface area contributed by atoms with Crippen molar-refractivity contribution < 1.29 is 9.90 Å². The van der Waals surface area contributed by atoms with Crippen molar-refractivity contribution >= 4 is 40.1 Å². The Hall–Kier alpha value is -2.14. The highest BCUT2D eigenvalue weighted by molar-refractivity contribution is 6.35. The zero-order valence-electron chi connectivity index (χ0n) is 15.2. The molecule has 1 aliphatic heterocycles. The Morgan fingerprint density at radius 3 is 2.75 bits per heavy atom. The summed E-state index contributed by atoms with van der Waals surface area (Å²) in [6.45, 7) is 1.26. The van der Waals surface area contributed by atoms with Gasteiger partial charge in [-0.25, -0.2) is 0 Å². The standard InChI is InChI=1S/C22H20Cl2N2O2/c23-16-8-9-17(18(24)12-16)21(26-11-3-5-15(13-26)22(27)28)20-10-7-14-4-1-2-6-19(14)25-20/h1-2,4,6-10,12,15,21H,3,5,11,13H2,(H,27,28). The summed E-state index contributed by atoms with van der Waals surface area (Å²) in [7, 11) is 0. The molecular formula is C22H20Cl2N2O2. The van der Waals surface area contributed by atoms with Gasteiger partial charge in [0, 0.05) is 22.0 Å². The zero-order valence-corrected chi connectivity index (χ0v) is 16.7. The fraction of sp³-hybridized carbons (Fsp3) is 0.273. The molecule has 1 fully saturated rings. The first kappa shape index (κ1) is 19.2. The molecule has 2 heterocycles. The number of likely N-dealkylation sites (tertiary alicyclic amines) is 1. The Kier molecular flexibility index (Phi) is 5.54. The summed E-state index contributed by atoms with van der Waals surface area (Å²) >= 11 is 12.7. The molecule has 1 aromatic heterocycles. The maximum absolute atomic E-state index is 11.6. The minimum absolute atomic E-state index is 0.225. The second kappa shape index (κ2) is 8.08. The van der Waals surface area contributed by atoms with Gasteiger partial charge in [-0.05, 0) is 49.2 Å². The molecule has 4 nitrogen and oxygen atoms in total. The molecule has 0 amide bonds. The van der Waals surface area contributed by atoms with Gasteiger partial charge in [-0.1, -0.05) is 53.5 Å². The van der Waals surface area contributed by atoms with Crippen LogP contribution in [0.3, 0.4) is 0 Å². The normalized spacial score (nSPS) is 18.9. The van der Waals surface area contributed by atoms with Crippen molar-refractivity contribution in [3.05, 3.63) is 75.9 Å². The second-order valence-corrected chi connectivity index (χ2v) is 8.01. The molecule has 1 N–H and O–H groups in total. The van der Waals surface area contributed by atoms with Gasteiger partial charge in [0.05, 0.1) is 23.2 Å². The van der Waals surface area contributed by atoms with Crippen LogP contribution in [0.1, 0.15) is 30.1 Å². The number of pyridine rings is 1. The number of carboxylic acid groups (broad SMARTS) is 1. The third-order valence-corrected chi connectivity index (χ3v) is 5.89. The molecule has 4 rings (SSSR count). The van der Waals surface area contributed by atoms with Gasteiger partial charge in [-0.15, -0.1) is 0 Å². The van der Waals surface area contributed by atoms with Crippen LogP contribution in [0.15, 0.2) is 54.6 Å². The number of nitrogens with zero attached hydrogens (tertiary/aromatic N) is 2. The Balaban J connectivity index is 1.81. The lowest BCUT2D eigenvalue weighted by atomic mass is 9.93. The van der Waals surface area contributed by atoms with Crippen LogP contribution in [0.4, 0.5) is 0 Å². The number of carbonyl (C=O) groups is 1. The summed E-state index contributed by atoms with van der Waals surface area (Å²) in [4.78, 5) is 18.7. The summed E-state index contributed by atoms with van der Waals surface area (Å²) in [5.74, 6) is -1.14. The summed E-state index contributed by atoms with van der Waals surface area (Å²) in [6.07, 6.45) is 1.52. The van der Waals surface area contributed by atoms with E-state index in [1.807, 2.05) is 48.5 Å². The van der Waals surface area contributed by atoms with E-state index in [0.717, 1.165) is 35.1 Å². The molecule has 0 aliphatic carbocycles.